The van der Waals surface area contributed by atoms with Gasteiger partial charge in [-0.1, -0.05) is 30.4 Å². The van der Waals surface area contributed by atoms with Crippen LogP contribution in [-0.4, -0.2) is 31.8 Å². The fourth-order valence-corrected chi connectivity index (χ4v) is 1.92. The lowest BCUT2D eigenvalue weighted by molar-refractivity contribution is -0.125. The average molecular weight is 261 g/mol. The maximum Gasteiger partial charge on any atom is 0.231 e. The monoisotopic (exact) mass is 261 g/mol. The van der Waals surface area contributed by atoms with E-state index >= 15 is 0 Å². The number of ether oxygens (including phenoxy) is 2. The smallest absolute Gasteiger partial charge is 0.231 e. The molecule has 0 saturated heterocycles. The second-order valence-electron chi connectivity index (χ2n) is 4.37. The predicted octanol–water partition coefficient (Wildman–Crippen LogP) is 1.72. The van der Waals surface area contributed by atoms with Crippen molar-refractivity contribution in [3.63, 3.8) is 0 Å². The minimum absolute atomic E-state index is 0.00778. The van der Waals surface area contributed by atoms with Crippen molar-refractivity contribution in [2.75, 3.05) is 19.8 Å². The summed E-state index contributed by atoms with van der Waals surface area (Å²) in [7, 11) is 0. The summed E-state index contributed by atoms with van der Waals surface area (Å²) in [5.74, 6) is -0.283. The first-order chi connectivity index (χ1) is 9.38. The number of hydrogen-bond donors (Lipinski definition) is 1. The molecule has 1 N–H and O–H groups in total. The van der Waals surface area contributed by atoms with Gasteiger partial charge in [-0.15, -0.1) is 0 Å². The summed E-state index contributed by atoms with van der Waals surface area (Å²) in [5, 5.41) is 2.91. The highest BCUT2D eigenvalue weighted by molar-refractivity contribution is 5.81. The summed E-state index contributed by atoms with van der Waals surface area (Å²) in [5.41, 5.74) is 0. The lowest BCUT2D eigenvalue weighted by Gasteiger charge is -2.22. The topological polar surface area (TPSA) is 47.6 Å². The van der Waals surface area contributed by atoms with Crippen LogP contribution < -0.4 is 5.32 Å². The second kappa shape index (κ2) is 7.59. The van der Waals surface area contributed by atoms with E-state index in [1.165, 1.54) is 0 Å². The van der Waals surface area contributed by atoms with Crippen molar-refractivity contribution in [2.24, 2.45) is 5.92 Å². The fraction of sp³-hybridized carbons (Fsp3) is 0.400. The summed E-state index contributed by atoms with van der Waals surface area (Å²) in [6.45, 7) is 1.85. The number of allylic oxidation sites excluding steroid dienone is 4. The first kappa shape index (κ1) is 13.6. The summed E-state index contributed by atoms with van der Waals surface area (Å²) in [4.78, 5) is 12.1. The van der Waals surface area contributed by atoms with E-state index < -0.39 is 0 Å². The van der Waals surface area contributed by atoms with E-state index in [0.717, 1.165) is 6.42 Å². The molecule has 1 aliphatic heterocycles. The Morgan fingerprint density at radius 1 is 1.16 bits per heavy atom. The molecule has 2 atom stereocenters. The lowest BCUT2D eigenvalue weighted by atomic mass is 9.96. The number of nitrogens with one attached hydrogen (secondary N) is 1. The van der Waals surface area contributed by atoms with Crippen molar-refractivity contribution in [3.05, 3.63) is 48.8 Å². The molecule has 0 aromatic rings. The minimum atomic E-state index is -0.275. The van der Waals surface area contributed by atoms with E-state index in [1.54, 1.807) is 12.3 Å². The van der Waals surface area contributed by atoms with Crippen molar-refractivity contribution in [1.82, 2.24) is 5.32 Å². The van der Waals surface area contributed by atoms with Gasteiger partial charge in [-0.05, 0) is 18.6 Å². The van der Waals surface area contributed by atoms with Crippen LogP contribution in [0.5, 0.6) is 0 Å². The molecule has 0 spiro atoms. The Balaban J connectivity index is 2.02. The molecular formula is C15H19NO3. The van der Waals surface area contributed by atoms with Gasteiger partial charge >= 0.3 is 0 Å². The maximum absolute atomic E-state index is 12.1. The van der Waals surface area contributed by atoms with Crippen LogP contribution in [0.1, 0.15) is 6.42 Å². The van der Waals surface area contributed by atoms with Gasteiger partial charge in [-0.25, -0.2) is 0 Å². The van der Waals surface area contributed by atoms with E-state index in [2.05, 4.69) is 5.32 Å². The molecule has 4 heteroatoms. The molecule has 1 heterocycles. The van der Waals surface area contributed by atoms with Crippen molar-refractivity contribution < 1.29 is 14.3 Å². The van der Waals surface area contributed by atoms with E-state index in [-0.39, 0.29) is 17.9 Å². The Morgan fingerprint density at radius 2 is 2.05 bits per heavy atom. The zero-order chi connectivity index (χ0) is 13.3. The number of hydrogen-bond acceptors (Lipinski definition) is 3. The Kier molecular flexibility index (Phi) is 5.44. The number of amides is 1. The molecule has 1 aliphatic carbocycles. The molecule has 0 bridgehead atoms. The maximum atomic E-state index is 12.1. The number of carbonyl (C=O) groups is 1. The van der Waals surface area contributed by atoms with Gasteiger partial charge in [-0.3, -0.25) is 4.79 Å². The Morgan fingerprint density at radius 3 is 3.00 bits per heavy atom. The quantitative estimate of drug-likeness (QED) is 0.722. The first-order valence-electron chi connectivity index (χ1n) is 6.55. The summed E-state index contributed by atoms with van der Waals surface area (Å²) >= 11 is 0. The third-order valence-electron chi connectivity index (χ3n) is 2.93. The predicted molar refractivity (Wildman–Crippen MR) is 73.4 cm³/mol. The van der Waals surface area contributed by atoms with Crippen molar-refractivity contribution in [2.45, 2.75) is 12.5 Å². The molecule has 0 fully saturated rings. The summed E-state index contributed by atoms with van der Waals surface area (Å²) < 4.78 is 11.0. The molecule has 0 saturated carbocycles. The van der Waals surface area contributed by atoms with Crippen molar-refractivity contribution >= 4 is 5.91 Å². The number of rotatable bonds is 0. The molecule has 2 unspecified atom stereocenters. The van der Waals surface area contributed by atoms with Crippen LogP contribution in [-0.2, 0) is 14.3 Å². The standard InChI is InChI=1S/C15H19NO3/c17-15-13-7-2-3-8-14(13)19-12-5-1-4-10-18-11-6-9-16-15/h1-5,7-8,12-14H,6,9-11H2,(H,16,17)/b4-1+,12-5-. The van der Waals surface area contributed by atoms with Crippen LogP contribution in [0, 0.1) is 5.92 Å². The first-order valence-corrected chi connectivity index (χ1v) is 6.55. The van der Waals surface area contributed by atoms with Crippen LogP contribution in [0.25, 0.3) is 0 Å². The van der Waals surface area contributed by atoms with Gasteiger partial charge in [0.1, 0.15) is 6.10 Å². The Hall–Kier alpha value is -1.81. The molecule has 2 rings (SSSR count). The summed E-state index contributed by atoms with van der Waals surface area (Å²) in [6, 6.07) is 0. The van der Waals surface area contributed by atoms with E-state index in [1.807, 2.05) is 36.5 Å². The van der Waals surface area contributed by atoms with Crippen molar-refractivity contribution in [3.8, 4) is 0 Å². The van der Waals surface area contributed by atoms with Gasteiger partial charge in [0.25, 0.3) is 0 Å². The highest BCUT2D eigenvalue weighted by atomic mass is 16.5. The molecule has 2 aliphatic rings. The van der Waals surface area contributed by atoms with Crippen LogP contribution in [0.2, 0.25) is 0 Å². The van der Waals surface area contributed by atoms with Crippen molar-refractivity contribution in [1.29, 1.82) is 0 Å². The van der Waals surface area contributed by atoms with Gasteiger partial charge in [-0.2, -0.15) is 0 Å². The Bertz CT molecular complexity index is 410. The van der Waals surface area contributed by atoms with Crippen LogP contribution in [0.4, 0.5) is 0 Å². The van der Waals surface area contributed by atoms with Gasteiger partial charge in [0.05, 0.1) is 18.8 Å². The summed E-state index contributed by atoms with van der Waals surface area (Å²) in [6.07, 6.45) is 15.3. The average Bonchev–Trinajstić information content (AvgIpc) is 2.44. The minimum Gasteiger partial charge on any atom is -0.493 e. The molecule has 102 valence electrons. The molecule has 0 radical (unpaired) electrons. The molecule has 1 amide bonds. The SMILES string of the molecule is O=C1NCCCOC/C=C/C=C\OC2C=CC=CC12. The Labute approximate surface area is 113 Å². The normalized spacial score (nSPS) is 31.5. The largest absolute Gasteiger partial charge is 0.493 e. The zero-order valence-electron chi connectivity index (χ0n) is 10.8. The lowest BCUT2D eigenvalue weighted by Crippen LogP contribution is -2.38. The van der Waals surface area contributed by atoms with Gasteiger partial charge < -0.3 is 14.8 Å². The van der Waals surface area contributed by atoms with Gasteiger partial charge in [0.2, 0.25) is 5.91 Å². The van der Waals surface area contributed by atoms with Crippen LogP contribution >= 0.6 is 0 Å². The second-order valence-corrected chi connectivity index (χ2v) is 4.37. The molecule has 4 nitrogen and oxygen atoms in total. The third kappa shape index (κ3) is 4.41. The molecule has 19 heavy (non-hydrogen) atoms. The number of fused-ring (bicyclic) bond motifs is 1. The highest BCUT2D eigenvalue weighted by Crippen LogP contribution is 2.17. The molecular weight excluding hydrogens is 242 g/mol. The van der Waals surface area contributed by atoms with E-state index in [0.29, 0.717) is 19.8 Å². The van der Waals surface area contributed by atoms with Gasteiger partial charge in [0, 0.05) is 13.2 Å². The fourth-order valence-electron chi connectivity index (χ4n) is 1.92. The van der Waals surface area contributed by atoms with Crippen LogP contribution in [0.3, 0.4) is 0 Å². The molecule has 0 aromatic carbocycles. The van der Waals surface area contributed by atoms with E-state index in [9.17, 15) is 4.79 Å². The number of carbonyl (C=O) groups excluding carboxylic acids is 1. The van der Waals surface area contributed by atoms with Gasteiger partial charge in [0.15, 0.2) is 0 Å². The van der Waals surface area contributed by atoms with Crippen LogP contribution in [0.15, 0.2) is 48.8 Å². The van der Waals surface area contributed by atoms with E-state index in [4.69, 9.17) is 9.47 Å². The third-order valence-corrected chi connectivity index (χ3v) is 2.93. The highest BCUT2D eigenvalue weighted by Gasteiger charge is 2.26. The zero-order valence-corrected chi connectivity index (χ0v) is 10.8. The molecule has 0 aromatic heterocycles.